The minimum atomic E-state index is -1.40. The van der Waals surface area contributed by atoms with Crippen LogP contribution in [0.5, 0.6) is 0 Å². The number of allylic oxidation sites excluding steroid dienone is 4. The van der Waals surface area contributed by atoms with Crippen LogP contribution < -0.4 is 0 Å². The fourth-order valence-corrected chi connectivity index (χ4v) is 3.07. The molecule has 1 aliphatic carbocycles. The molecule has 1 aliphatic rings. The minimum absolute atomic E-state index is 0.107. The molecule has 2 unspecified atom stereocenters. The maximum Gasteiger partial charge on any atom is 0.303 e. The Labute approximate surface area is 133 Å². The molecule has 0 aliphatic heterocycles. The Bertz CT molecular complexity index is 642. The molecular formula is C17H17ClF2O2. The van der Waals surface area contributed by atoms with E-state index in [1.165, 1.54) is 12.1 Å². The van der Waals surface area contributed by atoms with Crippen LogP contribution in [0.1, 0.15) is 29.5 Å². The summed E-state index contributed by atoms with van der Waals surface area (Å²) in [5.41, 5.74) is 3.36. The first-order valence-electron chi connectivity index (χ1n) is 6.99. The molecule has 2 nitrogen and oxygen atoms in total. The van der Waals surface area contributed by atoms with Gasteiger partial charge in [0.25, 0.3) is 0 Å². The van der Waals surface area contributed by atoms with Gasteiger partial charge in [0.15, 0.2) is 0 Å². The number of benzene rings is 1. The van der Waals surface area contributed by atoms with Crippen molar-refractivity contribution in [1.82, 2.24) is 0 Å². The van der Waals surface area contributed by atoms with Crippen LogP contribution in [0.15, 0.2) is 29.9 Å². The standard InChI is InChI=1S/C17H17ClF2O2/c1-9-5-13(19)6-10(2)16(9)12-7-11(3-4-15(21)22)17(20)14(18)8-12/h5-8,14,17H,3-4H2,1-2H3,(H,21,22). The second-order valence-corrected chi connectivity index (χ2v) is 6.00. The highest BCUT2D eigenvalue weighted by molar-refractivity contribution is 6.23. The summed E-state index contributed by atoms with van der Waals surface area (Å²) in [6.45, 7) is 3.56. The van der Waals surface area contributed by atoms with Crippen molar-refractivity contribution in [3.8, 4) is 0 Å². The molecule has 22 heavy (non-hydrogen) atoms. The Morgan fingerprint density at radius 3 is 2.45 bits per heavy atom. The van der Waals surface area contributed by atoms with Gasteiger partial charge in [0.05, 0.1) is 5.38 Å². The Balaban J connectivity index is 2.42. The number of carboxylic acids is 1. The number of aliphatic carboxylic acids is 1. The molecule has 0 spiro atoms. The van der Waals surface area contributed by atoms with E-state index in [1.807, 2.05) is 0 Å². The lowest BCUT2D eigenvalue weighted by Crippen LogP contribution is -2.21. The van der Waals surface area contributed by atoms with E-state index in [2.05, 4.69) is 0 Å². The lowest BCUT2D eigenvalue weighted by Gasteiger charge is -2.23. The van der Waals surface area contributed by atoms with Crippen LogP contribution in [0.3, 0.4) is 0 Å². The Morgan fingerprint density at radius 1 is 1.32 bits per heavy atom. The van der Waals surface area contributed by atoms with E-state index in [0.29, 0.717) is 11.1 Å². The molecule has 2 rings (SSSR count). The highest BCUT2D eigenvalue weighted by Gasteiger charge is 2.27. The van der Waals surface area contributed by atoms with Crippen LogP contribution in [0, 0.1) is 19.7 Å². The maximum absolute atomic E-state index is 14.1. The predicted octanol–water partition coefficient (Wildman–Crippen LogP) is 4.58. The number of hydrogen-bond acceptors (Lipinski definition) is 1. The second kappa shape index (κ2) is 6.61. The van der Waals surface area contributed by atoms with Gasteiger partial charge in [0.2, 0.25) is 0 Å². The van der Waals surface area contributed by atoms with Gasteiger partial charge >= 0.3 is 5.97 Å². The number of halogens is 3. The second-order valence-electron chi connectivity index (χ2n) is 5.50. The Morgan fingerprint density at radius 2 is 1.91 bits per heavy atom. The molecule has 1 N–H and O–H groups in total. The molecule has 0 aromatic heterocycles. The van der Waals surface area contributed by atoms with Crippen molar-refractivity contribution in [2.75, 3.05) is 0 Å². The summed E-state index contributed by atoms with van der Waals surface area (Å²) in [4.78, 5) is 10.7. The highest BCUT2D eigenvalue weighted by Crippen LogP contribution is 2.35. The van der Waals surface area contributed by atoms with Gasteiger partial charge in [-0.05, 0) is 60.2 Å². The number of alkyl halides is 2. The van der Waals surface area contributed by atoms with Gasteiger partial charge < -0.3 is 5.11 Å². The SMILES string of the molecule is Cc1cc(F)cc(C)c1C1=CC(Cl)C(F)C(CCC(=O)O)=C1. The maximum atomic E-state index is 14.1. The molecule has 5 heteroatoms. The third kappa shape index (κ3) is 3.55. The average molecular weight is 327 g/mol. The number of carbonyl (C=O) groups is 1. The largest absolute Gasteiger partial charge is 0.481 e. The zero-order valence-corrected chi connectivity index (χ0v) is 13.1. The van der Waals surface area contributed by atoms with Crippen molar-refractivity contribution in [3.05, 3.63) is 52.4 Å². The summed E-state index contributed by atoms with van der Waals surface area (Å²) >= 11 is 6.04. The molecule has 1 aromatic carbocycles. The van der Waals surface area contributed by atoms with Crippen molar-refractivity contribution in [3.63, 3.8) is 0 Å². The topological polar surface area (TPSA) is 37.3 Å². The lowest BCUT2D eigenvalue weighted by molar-refractivity contribution is -0.136. The van der Waals surface area contributed by atoms with Gasteiger partial charge in [-0.15, -0.1) is 11.6 Å². The van der Waals surface area contributed by atoms with Crippen LogP contribution in [-0.2, 0) is 4.79 Å². The van der Waals surface area contributed by atoms with Crippen molar-refractivity contribution < 1.29 is 18.7 Å². The molecular weight excluding hydrogens is 310 g/mol. The number of rotatable bonds is 4. The molecule has 0 fully saturated rings. The van der Waals surface area contributed by atoms with E-state index in [1.54, 1.807) is 26.0 Å². The molecule has 0 saturated carbocycles. The fourth-order valence-electron chi connectivity index (χ4n) is 2.77. The van der Waals surface area contributed by atoms with Gasteiger partial charge in [-0.25, -0.2) is 8.78 Å². The smallest absolute Gasteiger partial charge is 0.303 e. The van der Waals surface area contributed by atoms with Gasteiger partial charge in [-0.3, -0.25) is 4.79 Å². The minimum Gasteiger partial charge on any atom is -0.481 e. The Kier molecular flexibility index (Phi) is 5.01. The quantitative estimate of drug-likeness (QED) is 0.822. The molecule has 0 heterocycles. The third-order valence-electron chi connectivity index (χ3n) is 3.73. The molecule has 118 valence electrons. The van der Waals surface area contributed by atoms with E-state index in [9.17, 15) is 13.6 Å². The summed E-state index contributed by atoms with van der Waals surface area (Å²) in [6, 6.07) is 2.83. The molecule has 0 radical (unpaired) electrons. The van der Waals surface area contributed by atoms with E-state index in [-0.39, 0.29) is 18.7 Å². The zero-order chi connectivity index (χ0) is 16.4. The van der Waals surface area contributed by atoms with E-state index in [0.717, 1.165) is 16.7 Å². The molecule has 0 saturated heterocycles. The van der Waals surface area contributed by atoms with Crippen molar-refractivity contribution >= 4 is 23.1 Å². The van der Waals surface area contributed by atoms with Crippen molar-refractivity contribution in [2.45, 2.75) is 38.2 Å². The van der Waals surface area contributed by atoms with Crippen LogP contribution >= 0.6 is 11.6 Å². The molecule has 0 amide bonds. The van der Waals surface area contributed by atoms with Crippen LogP contribution in [-0.4, -0.2) is 22.6 Å². The normalized spacial score (nSPS) is 21.3. The van der Waals surface area contributed by atoms with Gasteiger partial charge in [-0.2, -0.15) is 0 Å². The summed E-state index contributed by atoms with van der Waals surface area (Å²) in [5.74, 6) is -1.31. The summed E-state index contributed by atoms with van der Waals surface area (Å²) in [6.07, 6.45) is 1.80. The number of aryl methyl sites for hydroxylation is 2. The van der Waals surface area contributed by atoms with E-state index < -0.39 is 17.5 Å². The van der Waals surface area contributed by atoms with Gasteiger partial charge in [-0.1, -0.05) is 12.2 Å². The Hall–Kier alpha value is -1.68. The van der Waals surface area contributed by atoms with Gasteiger partial charge in [0, 0.05) is 6.42 Å². The van der Waals surface area contributed by atoms with Crippen LogP contribution in [0.4, 0.5) is 8.78 Å². The first-order valence-corrected chi connectivity index (χ1v) is 7.42. The van der Waals surface area contributed by atoms with Gasteiger partial charge in [0.1, 0.15) is 12.0 Å². The fraction of sp³-hybridized carbons (Fsp3) is 0.353. The van der Waals surface area contributed by atoms with Crippen LogP contribution in [0.25, 0.3) is 5.57 Å². The average Bonchev–Trinajstić information content (AvgIpc) is 2.39. The lowest BCUT2D eigenvalue weighted by atomic mass is 9.87. The zero-order valence-electron chi connectivity index (χ0n) is 12.4. The first kappa shape index (κ1) is 16.7. The predicted molar refractivity (Wildman–Crippen MR) is 83.3 cm³/mol. The monoisotopic (exact) mass is 326 g/mol. The van der Waals surface area contributed by atoms with Crippen molar-refractivity contribution in [2.24, 2.45) is 0 Å². The summed E-state index contributed by atoms with van der Waals surface area (Å²) in [5, 5.41) is 7.91. The van der Waals surface area contributed by atoms with Crippen LogP contribution in [0.2, 0.25) is 0 Å². The van der Waals surface area contributed by atoms with E-state index >= 15 is 0 Å². The number of hydrogen-bond donors (Lipinski definition) is 1. The highest BCUT2D eigenvalue weighted by atomic mass is 35.5. The molecule has 2 atom stereocenters. The summed E-state index contributed by atoms with van der Waals surface area (Å²) < 4.78 is 27.6. The van der Waals surface area contributed by atoms with Crippen molar-refractivity contribution in [1.29, 1.82) is 0 Å². The summed E-state index contributed by atoms with van der Waals surface area (Å²) in [7, 11) is 0. The molecule has 1 aromatic rings. The van der Waals surface area contributed by atoms with E-state index in [4.69, 9.17) is 16.7 Å². The third-order valence-corrected chi connectivity index (χ3v) is 4.07. The first-order chi connectivity index (χ1) is 10.3. The molecule has 0 bridgehead atoms. The number of carboxylic acid groups (broad SMARTS) is 1.